The summed E-state index contributed by atoms with van der Waals surface area (Å²) < 4.78 is 4.66. The molecule has 0 radical (unpaired) electrons. The van der Waals surface area contributed by atoms with Crippen molar-refractivity contribution in [2.24, 2.45) is 4.99 Å². The predicted octanol–water partition coefficient (Wildman–Crippen LogP) is 3.37. The topological polar surface area (TPSA) is 105 Å². The number of carboxylic acids is 1. The van der Waals surface area contributed by atoms with E-state index in [2.05, 4.69) is 15.0 Å². The number of methoxy groups -OCH3 is 1. The Balaban J connectivity index is 1.83. The molecule has 28 heavy (non-hydrogen) atoms. The monoisotopic (exact) mass is 396 g/mol. The van der Waals surface area contributed by atoms with E-state index in [4.69, 9.17) is 5.11 Å². The Hall–Kier alpha value is -3.39. The van der Waals surface area contributed by atoms with Gasteiger partial charge in [0, 0.05) is 0 Å². The first kappa shape index (κ1) is 19.4. The van der Waals surface area contributed by atoms with Gasteiger partial charge in [-0.15, -0.1) is 0 Å². The van der Waals surface area contributed by atoms with Gasteiger partial charge in [-0.3, -0.25) is 4.79 Å². The molecule has 1 fully saturated rings. The zero-order valence-corrected chi connectivity index (χ0v) is 15.9. The van der Waals surface area contributed by atoms with Crippen LogP contribution >= 0.6 is 11.8 Å². The number of hydrogen-bond acceptors (Lipinski definition) is 6. The zero-order chi connectivity index (χ0) is 20.3. The van der Waals surface area contributed by atoms with Gasteiger partial charge in [0.25, 0.3) is 5.91 Å². The van der Waals surface area contributed by atoms with E-state index in [-0.39, 0.29) is 11.5 Å². The summed E-state index contributed by atoms with van der Waals surface area (Å²) in [6.45, 7) is 1.81. The Labute approximate surface area is 165 Å². The Morgan fingerprint density at radius 1 is 1.14 bits per heavy atom. The highest BCUT2D eigenvalue weighted by Gasteiger charge is 2.24. The molecule has 0 unspecified atom stereocenters. The lowest BCUT2D eigenvalue weighted by molar-refractivity contribution is -0.115. The second-order valence-corrected chi connectivity index (χ2v) is 6.93. The molecule has 1 heterocycles. The van der Waals surface area contributed by atoms with Gasteiger partial charge in [-0.1, -0.05) is 18.2 Å². The molecule has 3 rings (SSSR count). The van der Waals surface area contributed by atoms with Gasteiger partial charge in [-0.2, -0.15) is 0 Å². The van der Waals surface area contributed by atoms with Gasteiger partial charge < -0.3 is 15.2 Å². The number of aromatic carboxylic acids is 1. The molecule has 0 bridgehead atoms. The molecule has 2 N–H and O–H groups in total. The normalized spacial score (nSPS) is 16.3. The Morgan fingerprint density at radius 3 is 2.46 bits per heavy atom. The molecule has 1 aliphatic rings. The summed E-state index contributed by atoms with van der Waals surface area (Å²) in [4.78, 5) is 39.6. The van der Waals surface area contributed by atoms with Crippen molar-refractivity contribution in [3.63, 3.8) is 0 Å². The van der Waals surface area contributed by atoms with Crippen LogP contribution in [0.5, 0.6) is 0 Å². The number of carbonyl (C=O) groups excluding carboxylic acids is 2. The van der Waals surface area contributed by atoms with Crippen LogP contribution < -0.4 is 5.32 Å². The van der Waals surface area contributed by atoms with E-state index in [0.29, 0.717) is 21.3 Å². The Kier molecular flexibility index (Phi) is 5.60. The number of carbonyl (C=O) groups is 3. The largest absolute Gasteiger partial charge is 0.478 e. The number of esters is 1. The number of thioether (sulfide) groups is 1. The van der Waals surface area contributed by atoms with Crippen LogP contribution in [-0.2, 0) is 9.53 Å². The average Bonchev–Trinajstić information content (AvgIpc) is 3.02. The van der Waals surface area contributed by atoms with Gasteiger partial charge in [0.05, 0.1) is 28.8 Å². The van der Waals surface area contributed by atoms with Crippen molar-refractivity contribution >= 4 is 46.5 Å². The van der Waals surface area contributed by atoms with Gasteiger partial charge >= 0.3 is 11.9 Å². The lowest BCUT2D eigenvalue weighted by Gasteiger charge is -2.03. The van der Waals surface area contributed by atoms with Crippen LogP contribution in [0.4, 0.5) is 5.69 Å². The highest BCUT2D eigenvalue weighted by Crippen LogP contribution is 2.29. The predicted molar refractivity (Wildman–Crippen MR) is 107 cm³/mol. The zero-order valence-electron chi connectivity index (χ0n) is 15.1. The number of ether oxygens (including phenoxy) is 1. The molecular weight excluding hydrogens is 380 g/mol. The van der Waals surface area contributed by atoms with Crippen LogP contribution in [0.15, 0.2) is 52.4 Å². The van der Waals surface area contributed by atoms with E-state index in [0.717, 1.165) is 22.9 Å². The maximum Gasteiger partial charge on any atom is 0.337 e. The number of amidine groups is 1. The van der Waals surface area contributed by atoms with Crippen LogP contribution in [0.1, 0.15) is 31.8 Å². The number of hydrogen-bond donors (Lipinski definition) is 2. The third kappa shape index (κ3) is 4.29. The summed E-state index contributed by atoms with van der Waals surface area (Å²) in [7, 11) is 1.31. The van der Waals surface area contributed by atoms with Crippen LogP contribution in [0, 0.1) is 6.92 Å². The lowest BCUT2D eigenvalue weighted by Crippen LogP contribution is -2.19. The van der Waals surface area contributed by atoms with Crippen LogP contribution in [0.3, 0.4) is 0 Å². The van der Waals surface area contributed by atoms with Gasteiger partial charge in [-0.25, -0.2) is 14.6 Å². The van der Waals surface area contributed by atoms with E-state index >= 15 is 0 Å². The molecule has 2 aromatic carbocycles. The van der Waals surface area contributed by atoms with Crippen molar-refractivity contribution in [3.8, 4) is 0 Å². The average molecular weight is 396 g/mol. The van der Waals surface area contributed by atoms with Crippen molar-refractivity contribution in [1.29, 1.82) is 0 Å². The molecule has 2 aromatic rings. The number of aryl methyl sites for hydroxylation is 1. The summed E-state index contributed by atoms with van der Waals surface area (Å²) in [5, 5.41) is 12.2. The summed E-state index contributed by atoms with van der Waals surface area (Å²) in [5.41, 5.74) is 2.56. The standard InChI is InChI=1S/C20H16N2O5S/c1-11-3-6-14(18(24)25)10-15(11)21-20-22-17(23)16(28-20)9-12-4-7-13(8-5-12)19(26)27-2/h3-10H,1-2H3,(H,24,25)(H,21,22,23)/b16-9-. The molecular formula is C20H16N2O5S. The highest BCUT2D eigenvalue weighted by molar-refractivity contribution is 8.18. The molecule has 0 saturated carbocycles. The third-order valence-corrected chi connectivity index (χ3v) is 4.87. The number of aliphatic imine (C=N–C) groups is 1. The van der Waals surface area contributed by atoms with E-state index in [1.807, 2.05) is 6.92 Å². The smallest absolute Gasteiger partial charge is 0.337 e. The van der Waals surface area contributed by atoms with Crippen LogP contribution in [0.25, 0.3) is 6.08 Å². The van der Waals surface area contributed by atoms with Crippen LogP contribution in [0.2, 0.25) is 0 Å². The number of amides is 1. The summed E-state index contributed by atoms with van der Waals surface area (Å²) in [6, 6.07) is 11.3. The maximum absolute atomic E-state index is 12.2. The summed E-state index contributed by atoms with van der Waals surface area (Å²) in [6.07, 6.45) is 1.68. The fraction of sp³-hybridized carbons (Fsp3) is 0.100. The molecule has 0 spiro atoms. The first-order valence-electron chi connectivity index (χ1n) is 8.19. The lowest BCUT2D eigenvalue weighted by atomic mass is 10.1. The van der Waals surface area contributed by atoms with E-state index in [1.165, 1.54) is 19.2 Å². The second-order valence-electron chi connectivity index (χ2n) is 5.90. The van der Waals surface area contributed by atoms with E-state index in [9.17, 15) is 14.4 Å². The fourth-order valence-corrected chi connectivity index (χ4v) is 3.27. The minimum absolute atomic E-state index is 0.126. The third-order valence-electron chi connectivity index (χ3n) is 3.96. The summed E-state index contributed by atoms with van der Waals surface area (Å²) >= 11 is 1.16. The van der Waals surface area contributed by atoms with Crippen LogP contribution in [-0.4, -0.2) is 35.2 Å². The van der Waals surface area contributed by atoms with Crippen molar-refractivity contribution < 1.29 is 24.2 Å². The quantitative estimate of drug-likeness (QED) is 0.606. The Bertz CT molecular complexity index is 1030. The first-order valence-corrected chi connectivity index (χ1v) is 9.01. The molecule has 7 nitrogen and oxygen atoms in total. The van der Waals surface area contributed by atoms with Gasteiger partial charge in [0.15, 0.2) is 5.17 Å². The number of rotatable bonds is 4. The van der Waals surface area contributed by atoms with E-state index in [1.54, 1.807) is 36.4 Å². The number of nitrogens with zero attached hydrogens (tertiary/aromatic N) is 1. The SMILES string of the molecule is COC(=O)c1ccc(/C=C2\SC(=Nc3cc(C(=O)O)ccc3C)NC2=O)cc1. The van der Waals surface area contributed by atoms with E-state index < -0.39 is 11.9 Å². The molecule has 0 aromatic heterocycles. The molecule has 0 aliphatic carbocycles. The second kappa shape index (κ2) is 8.10. The number of carboxylic acid groups (broad SMARTS) is 1. The molecule has 1 saturated heterocycles. The van der Waals surface area contributed by atoms with Crippen molar-refractivity contribution in [1.82, 2.24) is 5.32 Å². The number of nitrogens with one attached hydrogen (secondary N) is 1. The highest BCUT2D eigenvalue weighted by atomic mass is 32.2. The number of benzene rings is 2. The summed E-state index contributed by atoms with van der Waals surface area (Å²) in [5.74, 6) is -1.77. The van der Waals surface area contributed by atoms with Crippen molar-refractivity contribution in [2.75, 3.05) is 7.11 Å². The van der Waals surface area contributed by atoms with Crippen molar-refractivity contribution in [2.45, 2.75) is 6.92 Å². The fourth-order valence-electron chi connectivity index (χ4n) is 2.44. The molecule has 142 valence electrons. The molecule has 1 amide bonds. The first-order chi connectivity index (χ1) is 13.4. The minimum atomic E-state index is -1.04. The molecule has 1 aliphatic heterocycles. The van der Waals surface area contributed by atoms with Gasteiger partial charge in [0.2, 0.25) is 0 Å². The molecule has 0 atom stereocenters. The molecule has 8 heteroatoms. The Morgan fingerprint density at radius 2 is 1.82 bits per heavy atom. The maximum atomic E-state index is 12.2. The minimum Gasteiger partial charge on any atom is -0.478 e. The van der Waals surface area contributed by atoms with Crippen molar-refractivity contribution in [3.05, 3.63) is 69.6 Å². The van der Waals surface area contributed by atoms with Gasteiger partial charge in [-0.05, 0) is 60.2 Å². The van der Waals surface area contributed by atoms with Gasteiger partial charge in [0.1, 0.15) is 0 Å².